The number of halogens is 8. The normalized spacial score (nSPS) is 19.6. The average Bonchev–Trinajstić information content (AvgIpc) is 3.35. The molecule has 5 rings (SSSR count). The van der Waals surface area contributed by atoms with E-state index in [0.29, 0.717) is 28.0 Å². The van der Waals surface area contributed by atoms with Gasteiger partial charge < -0.3 is 25.4 Å². The number of amides is 2. The molecule has 1 saturated carbocycles. The Morgan fingerprint density at radius 2 is 1.52 bits per heavy atom. The van der Waals surface area contributed by atoms with Crippen LogP contribution in [0.4, 0.5) is 43.7 Å². The van der Waals surface area contributed by atoms with Gasteiger partial charge in [0.2, 0.25) is 11.9 Å². The Morgan fingerprint density at radius 3 is 2.06 bits per heavy atom. The number of primary amides is 1. The van der Waals surface area contributed by atoms with Crippen molar-refractivity contribution in [3.8, 4) is 0 Å². The van der Waals surface area contributed by atoms with Crippen LogP contribution in [0.1, 0.15) is 75.2 Å². The van der Waals surface area contributed by atoms with Crippen molar-refractivity contribution in [3.05, 3.63) is 45.4 Å². The standard InChI is InChI=1S/C34H40Cl2F6N6O2/c1-32(2,3)30(50)44-17-18-5-10-23(35)28(27(18)36)48(21-8-6-19(7-9-21)33(37,38)39)31-45-24-15-22(29(43)49)25(16-26(24)46(31)4)47-13-11-20(12-14-47)34(40,41)42/h5,10,15-16,19-21H,6-9,11-14,17H2,1-4H3,(H2,43,49)(H,44,50). The zero-order valence-electron chi connectivity index (χ0n) is 28.1. The first kappa shape index (κ1) is 37.9. The van der Waals surface area contributed by atoms with Crippen LogP contribution in [0.15, 0.2) is 24.3 Å². The average molecular weight is 750 g/mol. The van der Waals surface area contributed by atoms with E-state index in [1.165, 1.54) is 6.07 Å². The molecule has 16 heteroatoms. The summed E-state index contributed by atoms with van der Waals surface area (Å²) in [6.45, 7) is 5.47. The highest BCUT2D eigenvalue weighted by atomic mass is 35.5. The summed E-state index contributed by atoms with van der Waals surface area (Å²) in [4.78, 5) is 33.6. The Balaban J connectivity index is 1.60. The van der Waals surface area contributed by atoms with Crippen molar-refractivity contribution in [1.29, 1.82) is 0 Å². The molecule has 0 atom stereocenters. The van der Waals surface area contributed by atoms with Crippen LogP contribution in [-0.4, -0.2) is 52.8 Å². The van der Waals surface area contributed by atoms with Gasteiger partial charge in [-0.15, -0.1) is 0 Å². The van der Waals surface area contributed by atoms with E-state index in [2.05, 4.69) is 5.32 Å². The number of hydrogen-bond donors (Lipinski definition) is 2. The van der Waals surface area contributed by atoms with Crippen LogP contribution < -0.4 is 20.9 Å². The van der Waals surface area contributed by atoms with E-state index in [0.717, 1.165) is 0 Å². The first-order valence-electron chi connectivity index (χ1n) is 16.4. The minimum atomic E-state index is -4.34. The smallest absolute Gasteiger partial charge is 0.371 e. The summed E-state index contributed by atoms with van der Waals surface area (Å²) in [7, 11) is 1.69. The predicted octanol–water partition coefficient (Wildman–Crippen LogP) is 8.68. The molecule has 8 nitrogen and oxygen atoms in total. The van der Waals surface area contributed by atoms with Gasteiger partial charge in [0.1, 0.15) is 0 Å². The number of alkyl halides is 6. The highest BCUT2D eigenvalue weighted by molar-refractivity contribution is 6.40. The largest absolute Gasteiger partial charge is 0.391 e. The molecule has 2 aliphatic rings. The molecule has 3 aromatic rings. The van der Waals surface area contributed by atoms with Crippen molar-refractivity contribution < 1.29 is 35.9 Å². The van der Waals surface area contributed by atoms with E-state index in [1.807, 2.05) is 0 Å². The number of carbonyl (C=O) groups excluding carboxylic acids is 2. The number of aryl methyl sites for hydroxylation is 1. The Bertz CT molecular complexity index is 1750. The number of hydrogen-bond acceptors (Lipinski definition) is 5. The van der Waals surface area contributed by atoms with Gasteiger partial charge in [0, 0.05) is 38.1 Å². The van der Waals surface area contributed by atoms with Crippen LogP contribution in [-0.2, 0) is 18.4 Å². The van der Waals surface area contributed by atoms with Gasteiger partial charge in [-0.05, 0) is 62.3 Å². The lowest BCUT2D eigenvalue weighted by atomic mass is 9.84. The predicted molar refractivity (Wildman–Crippen MR) is 182 cm³/mol. The van der Waals surface area contributed by atoms with Crippen molar-refractivity contribution in [2.45, 2.75) is 84.2 Å². The molecule has 2 aromatic carbocycles. The van der Waals surface area contributed by atoms with Crippen LogP contribution in [0.2, 0.25) is 10.0 Å². The molecule has 1 saturated heterocycles. The third-order valence-corrected chi connectivity index (χ3v) is 10.5. The highest BCUT2D eigenvalue weighted by Crippen LogP contribution is 2.47. The van der Waals surface area contributed by atoms with Gasteiger partial charge in [0.05, 0.1) is 49.9 Å². The van der Waals surface area contributed by atoms with Crippen LogP contribution >= 0.6 is 23.2 Å². The van der Waals surface area contributed by atoms with Crippen molar-refractivity contribution in [1.82, 2.24) is 14.9 Å². The third kappa shape index (κ3) is 7.75. The number of nitrogens with one attached hydrogen (secondary N) is 1. The molecular weight excluding hydrogens is 709 g/mol. The van der Waals surface area contributed by atoms with Gasteiger partial charge in [-0.1, -0.05) is 50.0 Å². The molecule has 0 spiro atoms. The van der Waals surface area contributed by atoms with Crippen LogP contribution in [0.5, 0.6) is 0 Å². The monoisotopic (exact) mass is 748 g/mol. The topological polar surface area (TPSA) is 96.5 Å². The molecule has 1 aliphatic carbocycles. The fraction of sp³-hybridized carbons (Fsp3) is 0.559. The van der Waals surface area contributed by atoms with Crippen molar-refractivity contribution in [3.63, 3.8) is 0 Å². The maximum absolute atomic E-state index is 13.7. The summed E-state index contributed by atoms with van der Waals surface area (Å²) >= 11 is 13.8. The second-order valence-corrected chi connectivity index (χ2v) is 15.0. The minimum absolute atomic E-state index is 0.0546. The van der Waals surface area contributed by atoms with E-state index in [4.69, 9.17) is 33.9 Å². The Labute approximate surface area is 296 Å². The zero-order chi connectivity index (χ0) is 36.9. The molecule has 0 bridgehead atoms. The second kappa shape index (κ2) is 14.0. The molecule has 1 aromatic heterocycles. The minimum Gasteiger partial charge on any atom is -0.371 e. The molecule has 0 radical (unpaired) electrons. The van der Waals surface area contributed by atoms with E-state index >= 15 is 0 Å². The van der Waals surface area contributed by atoms with Crippen LogP contribution in [0.3, 0.4) is 0 Å². The number of nitrogens with two attached hydrogens (primary N) is 1. The highest BCUT2D eigenvalue weighted by Gasteiger charge is 2.44. The molecule has 2 heterocycles. The summed E-state index contributed by atoms with van der Waals surface area (Å²) < 4.78 is 83.0. The molecule has 2 amide bonds. The van der Waals surface area contributed by atoms with Crippen molar-refractivity contribution in [2.75, 3.05) is 22.9 Å². The first-order chi connectivity index (χ1) is 23.2. The molecule has 3 N–H and O–H groups in total. The summed E-state index contributed by atoms with van der Waals surface area (Å²) in [5.41, 5.74) is 7.20. The third-order valence-electron chi connectivity index (χ3n) is 9.79. The van der Waals surface area contributed by atoms with Gasteiger partial charge in [0.15, 0.2) is 0 Å². The number of piperidine rings is 1. The molecule has 0 unspecified atom stereocenters. The lowest BCUT2D eigenvalue weighted by Gasteiger charge is -2.39. The number of rotatable bonds is 7. The van der Waals surface area contributed by atoms with Gasteiger partial charge in [-0.25, -0.2) is 4.98 Å². The number of anilines is 3. The zero-order valence-corrected chi connectivity index (χ0v) is 29.6. The van der Waals surface area contributed by atoms with Gasteiger partial charge in [-0.2, -0.15) is 26.3 Å². The second-order valence-electron chi connectivity index (χ2n) is 14.2. The molecular formula is C34H40Cl2F6N6O2. The summed E-state index contributed by atoms with van der Waals surface area (Å²) in [6, 6.07) is 5.88. The lowest BCUT2D eigenvalue weighted by molar-refractivity contribution is -0.182. The summed E-state index contributed by atoms with van der Waals surface area (Å²) in [6.07, 6.45) is -8.94. The number of aromatic nitrogens is 2. The molecule has 274 valence electrons. The van der Waals surface area contributed by atoms with Gasteiger partial charge >= 0.3 is 12.4 Å². The lowest BCUT2D eigenvalue weighted by Crippen LogP contribution is -2.39. The van der Waals surface area contributed by atoms with Crippen LogP contribution in [0, 0.1) is 17.3 Å². The summed E-state index contributed by atoms with van der Waals surface area (Å²) in [5.74, 6) is -3.64. The number of imidazole rings is 1. The quantitative estimate of drug-likeness (QED) is 0.236. The maximum atomic E-state index is 13.7. The fourth-order valence-electron chi connectivity index (χ4n) is 6.82. The number of nitrogens with zero attached hydrogens (tertiary/aromatic N) is 4. The first-order valence-corrected chi connectivity index (χ1v) is 17.2. The van der Waals surface area contributed by atoms with E-state index in [9.17, 15) is 35.9 Å². The number of carbonyl (C=O) groups is 2. The maximum Gasteiger partial charge on any atom is 0.391 e. The number of benzene rings is 2. The van der Waals surface area contributed by atoms with E-state index in [-0.39, 0.29) is 85.6 Å². The Hall–Kier alpha value is -3.39. The number of fused-ring (bicyclic) bond motifs is 1. The van der Waals surface area contributed by atoms with Gasteiger partial charge in [-0.3, -0.25) is 9.59 Å². The van der Waals surface area contributed by atoms with Crippen molar-refractivity contribution >= 4 is 63.4 Å². The van der Waals surface area contributed by atoms with E-state index in [1.54, 1.807) is 60.4 Å². The Kier molecular flexibility index (Phi) is 10.6. The van der Waals surface area contributed by atoms with Gasteiger partial charge in [0.25, 0.3) is 5.91 Å². The summed E-state index contributed by atoms with van der Waals surface area (Å²) in [5, 5.41) is 3.25. The fourth-order valence-corrected chi connectivity index (χ4v) is 7.44. The van der Waals surface area contributed by atoms with E-state index < -0.39 is 41.6 Å². The molecule has 50 heavy (non-hydrogen) atoms. The Morgan fingerprint density at radius 1 is 0.940 bits per heavy atom. The molecule has 2 fully saturated rings. The SMILES string of the molecule is Cn1c(N(c2c(Cl)ccc(CNC(=O)C(C)(C)C)c2Cl)C2CCC(C(F)(F)F)CC2)nc2cc(C(N)=O)c(N3CCC(C(F)(F)F)CC3)cc21. The van der Waals surface area contributed by atoms with Crippen LogP contribution in [0.25, 0.3) is 11.0 Å². The van der Waals surface area contributed by atoms with Crippen molar-refractivity contribution in [2.24, 2.45) is 30.0 Å². The molecule has 1 aliphatic heterocycles.